The maximum Gasteiger partial charge on any atom is 0.218 e. The van der Waals surface area contributed by atoms with Crippen LogP contribution in [0, 0.1) is 0 Å². The first-order valence-electron chi connectivity index (χ1n) is 5.57. The smallest absolute Gasteiger partial charge is 0.218 e. The number of halogens is 2. The Bertz CT molecular complexity index is 547. The van der Waals surface area contributed by atoms with Crippen LogP contribution >= 0.6 is 23.2 Å². The van der Waals surface area contributed by atoms with E-state index in [1.54, 1.807) is 13.2 Å². The van der Waals surface area contributed by atoms with E-state index >= 15 is 0 Å². The summed E-state index contributed by atoms with van der Waals surface area (Å²) < 4.78 is 10.5. The molecule has 2 aromatic rings. The van der Waals surface area contributed by atoms with Crippen LogP contribution in [0.15, 0.2) is 30.3 Å². The summed E-state index contributed by atoms with van der Waals surface area (Å²) in [6.45, 7) is 0.675. The first-order chi connectivity index (χ1) is 9.17. The van der Waals surface area contributed by atoms with Crippen LogP contribution in [0.2, 0.25) is 10.2 Å². The Hall–Kier alpha value is -1.36. The Morgan fingerprint density at radius 3 is 2.47 bits per heavy atom. The van der Waals surface area contributed by atoms with Crippen LogP contribution in [0.4, 0.5) is 0 Å². The van der Waals surface area contributed by atoms with Gasteiger partial charge in [0.15, 0.2) is 5.82 Å². The highest BCUT2D eigenvalue weighted by atomic mass is 35.5. The minimum absolute atomic E-state index is 0.290. The largest absolute Gasteiger partial charge is 0.473 e. The van der Waals surface area contributed by atoms with Gasteiger partial charge in [0.05, 0.1) is 0 Å². The van der Waals surface area contributed by atoms with Gasteiger partial charge in [-0.05, 0) is 17.7 Å². The number of methoxy groups -OCH3 is 1. The van der Waals surface area contributed by atoms with Crippen molar-refractivity contribution in [1.82, 2.24) is 9.97 Å². The van der Waals surface area contributed by atoms with E-state index in [4.69, 9.17) is 32.7 Å². The molecule has 4 nitrogen and oxygen atoms in total. The third-order valence-corrected chi connectivity index (χ3v) is 2.74. The van der Waals surface area contributed by atoms with Crippen LogP contribution in [-0.4, -0.2) is 17.1 Å². The normalized spacial score (nSPS) is 10.5. The van der Waals surface area contributed by atoms with Gasteiger partial charge in [0.2, 0.25) is 5.88 Å². The lowest BCUT2D eigenvalue weighted by Gasteiger charge is -2.07. The van der Waals surface area contributed by atoms with Gasteiger partial charge < -0.3 is 9.47 Å². The van der Waals surface area contributed by atoms with E-state index in [1.807, 2.05) is 24.3 Å². The van der Waals surface area contributed by atoms with Crippen molar-refractivity contribution in [3.63, 3.8) is 0 Å². The van der Waals surface area contributed by atoms with E-state index in [-0.39, 0.29) is 6.61 Å². The highest BCUT2D eigenvalue weighted by Crippen LogP contribution is 2.16. The number of rotatable bonds is 5. The average molecular weight is 299 g/mol. The predicted molar refractivity (Wildman–Crippen MR) is 73.5 cm³/mol. The summed E-state index contributed by atoms with van der Waals surface area (Å²) in [5.41, 5.74) is 0.993. The molecule has 0 aliphatic heterocycles. The van der Waals surface area contributed by atoms with Crippen molar-refractivity contribution in [2.75, 3.05) is 7.11 Å². The van der Waals surface area contributed by atoms with Gasteiger partial charge in [-0.25, -0.2) is 4.98 Å². The minimum Gasteiger partial charge on any atom is -0.473 e. The number of hydrogen-bond donors (Lipinski definition) is 0. The summed E-state index contributed by atoms with van der Waals surface area (Å²) in [5, 5.41) is 1.02. The summed E-state index contributed by atoms with van der Waals surface area (Å²) in [4.78, 5) is 8.21. The Kier molecular flexibility index (Phi) is 4.96. The molecule has 19 heavy (non-hydrogen) atoms. The maximum absolute atomic E-state index is 5.88. The molecule has 0 saturated carbocycles. The average Bonchev–Trinajstić information content (AvgIpc) is 2.38. The molecule has 0 N–H and O–H groups in total. The van der Waals surface area contributed by atoms with Crippen LogP contribution in [-0.2, 0) is 18.0 Å². The molecule has 100 valence electrons. The first-order valence-corrected chi connectivity index (χ1v) is 6.32. The third-order valence-electron chi connectivity index (χ3n) is 2.29. The van der Waals surface area contributed by atoms with E-state index in [0.717, 1.165) is 5.56 Å². The van der Waals surface area contributed by atoms with Crippen LogP contribution in [0.25, 0.3) is 0 Å². The van der Waals surface area contributed by atoms with Crippen molar-refractivity contribution in [1.29, 1.82) is 0 Å². The van der Waals surface area contributed by atoms with Gasteiger partial charge in [0.1, 0.15) is 18.4 Å². The zero-order valence-electron chi connectivity index (χ0n) is 10.3. The molecule has 0 amide bonds. The number of benzene rings is 1. The molecule has 0 radical (unpaired) electrons. The lowest BCUT2D eigenvalue weighted by molar-refractivity contribution is 0.176. The molecule has 0 bridgehead atoms. The molecule has 0 aliphatic rings. The van der Waals surface area contributed by atoms with E-state index in [2.05, 4.69) is 9.97 Å². The quantitative estimate of drug-likeness (QED) is 0.793. The van der Waals surface area contributed by atoms with Crippen LogP contribution in [0.1, 0.15) is 11.4 Å². The molecule has 0 fully saturated rings. The lowest BCUT2D eigenvalue weighted by atomic mass is 10.2. The van der Waals surface area contributed by atoms with E-state index < -0.39 is 0 Å². The second-order valence-corrected chi connectivity index (χ2v) is 4.62. The topological polar surface area (TPSA) is 44.2 Å². The van der Waals surface area contributed by atoms with Gasteiger partial charge in [-0.2, -0.15) is 4.98 Å². The van der Waals surface area contributed by atoms with Gasteiger partial charge in [-0.3, -0.25) is 0 Å². The summed E-state index contributed by atoms with van der Waals surface area (Å²) in [6, 6.07) is 8.96. The van der Waals surface area contributed by atoms with Crippen LogP contribution in [0.5, 0.6) is 5.88 Å². The Balaban J connectivity index is 2.04. The molecular formula is C13H12Cl2N2O2. The summed E-state index contributed by atoms with van der Waals surface area (Å²) >= 11 is 11.7. The molecular weight excluding hydrogens is 287 g/mol. The lowest BCUT2D eigenvalue weighted by Crippen LogP contribution is -2.02. The zero-order chi connectivity index (χ0) is 13.7. The van der Waals surface area contributed by atoms with Crippen LogP contribution in [0.3, 0.4) is 0 Å². The second kappa shape index (κ2) is 6.70. The molecule has 0 atom stereocenters. The van der Waals surface area contributed by atoms with Gasteiger partial charge in [-0.15, -0.1) is 0 Å². The predicted octanol–water partition coefficient (Wildman–Crippen LogP) is 3.51. The maximum atomic E-state index is 5.88. The third kappa shape index (κ3) is 4.35. The Labute approximate surface area is 121 Å². The molecule has 0 unspecified atom stereocenters. The summed E-state index contributed by atoms with van der Waals surface area (Å²) in [7, 11) is 1.57. The van der Waals surface area contributed by atoms with Gasteiger partial charge in [0.25, 0.3) is 0 Å². The Morgan fingerprint density at radius 2 is 1.79 bits per heavy atom. The molecule has 1 heterocycles. The SMILES string of the molecule is COCc1nc(Cl)cc(OCc2ccc(Cl)cc2)n1. The van der Waals surface area contributed by atoms with Crippen molar-refractivity contribution in [3.05, 3.63) is 51.9 Å². The summed E-state index contributed by atoms with van der Waals surface area (Å²) in [6.07, 6.45) is 0. The minimum atomic E-state index is 0.290. The molecule has 2 rings (SSSR count). The number of nitrogens with zero attached hydrogens (tertiary/aromatic N) is 2. The Morgan fingerprint density at radius 1 is 1.05 bits per heavy atom. The molecule has 1 aromatic carbocycles. The number of ether oxygens (including phenoxy) is 2. The van der Waals surface area contributed by atoms with Crippen molar-refractivity contribution in [2.24, 2.45) is 0 Å². The second-order valence-electron chi connectivity index (χ2n) is 3.79. The fraction of sp³-hybridized carbons (Fsp3) is 0.231. The van der Waals surface area contributed by atoms with Gasteiger partial charge in [0, 0.05) is 18.2 Å². The molecule has 0 aliphatic carbocycles. The fourth-order valence-corrected chi connectivity index (χ4v) is 1.76. The zero-order valence-corrected chi connectivity index (χ0v) is 11.8. The number of hydrogen-bond acceptors (Lipinski definition) is 4. The van der Waals surface area contributed by atoms with Crippen molar-refractivity contribution in [2.45, 2.75) is 13.2 Å². The van der Waals surface area contributed by atoms with Crippen molar-refractivity contribution in [3.8, 4) is 5.88 Å². The first kappa shape index (κ1) is 14.1. The molecule has 6 heteroatoms. The van der Waals surface area contributed by atoms with Gasteiger partial charge in [-0.1, -0.05) is 35.3 Å². The van der Waals surface area contributed by atoms with E-state index in [9.17, 15) is 0 Å². The fourth-order valence-electron chi connectivity index (χ4n) is 1.45. The molecule has 0 spiro atoms. The molecule has 1 aromatic heterocycles. The van der Waals surface area contributed by atoms with E-state index in [1.165, 1.54) is 0 Å². The standard InChI is InChI=1S/C13H12Cl2N2O2/c1-18-8-12-16-11(15)6-13(17-12)19-7-9-2-4-10(14)5-3-9/h2-6H,7-8H2,1H3. The highest BCUT2D eigenvalue weighted by molar-refractivity contribution is 6.30. The monoisotopic (exact) mass is 298 g/mol. The van der Waals surface area contributed by atoms with Crippen molar-refractivity contribution >= 4 is 23.2 Å². The van der Waals surface area contributed by atoms with Gasteiger partial charge >= 0.3 is 0 Å². The van der Waals surface area contributed by atoms with Crippen LogP contribution < -0.4 is 4.74 Å². The number of aromatic nitrogens is 2. The molecule has 0 saturated heterocycles. The van der Waals surface area contributed by atoms with E-state index in [0.29, 0.717) is 28.5 Å². The highest BCUT2D eigenvalue weighted by Gasteiger charge is 2.04. The van der Waals surface area contributed by atoms with Crippen molar-refractivity contribution < 1.29 is 9.47 Å². The summed E-state index contributed by atoms with van der Waals surface area (Å²) in [5.74, 6) is 0.906.